The number of allylic oxidation sites excluding steroid dienone is 1. The second kappa shape index (κ2) is 11.9. The molecule has 1 aromatic rings. The van der Waals surface area contributed by atoms with Crippen LogP contribution in [0, 0.1) is 5.82 Å². The molecule has 0 radical (unpaired) electrons. The van der Waals surface area contributed by atoms with Gasteiger partial charge in [0.25, 0.3) is 5.91 Å². The topological polar surface area (TPSA) is 73.9 Å². The van der Waals surface area contributed by atoms with E-state index in [2.05, 4.69) is 5.32 Å². The molecule has 0 fully saturated rings. The van der Waals surface area contributed by atoms with Gasteiger partial charge in [-0.3, -0.25) is 4.79 Å². The van der Waals surface area contributed by atoms with Crippen molar-refractivity contribution in [3.63, 3.8) is 0 Å². The van der Waals surface area contributed by atoms with Crippen molar-refractivity contribution in [1.29, 1.82) is 0 Å². The van der Waals surface area contributed by atoms with Crippen molar-refractivity contribution in [2.24, 2.45) is 0 Å². The Bertz CT molecular complexity index is 866. The van der Waals surface area contributed by atoms with E-state index in [-0.39, 0.29) is 29.8 Å². The van der Waals surface area contributed by atoms with Gasteiger partial charge >= 0.3 is 5.97 Å². The minimum absolute atomic E-state index is 0.0864. The summed E-state index contributed by atoms with van der Waals surface area (Å²) in [6.07, 6.45) is 2.78. The van der Waals surface area contributed by atoms with Gasteiger partial charge in [-0.05, 0) is 45.4 Å². The van der Waals surface area contributed by atoms with Crippen LogP contribution < -0.4 is 5.32 Å². The predicted molar refractivity (Wildman–Crippen MR) is 116 cm³/mol. The van der Waals surface area contributed by atoms with Crippen LogP contribution >= 0.6 is 11.6 Å². The van der Waals surface area contributed by atoms with E-state index in [0.29, 0.717) is 19.3 Å². The van der Waals surface area contributed by atoms with Crippen LogP contribution in [0.5, 0.6) is 0 Å². The predicted octanol–water partition coefficient (Wildman–Crippen LogP) is 4.58. The maximum atomic E-state index is 14.0. The first-order valence-electron chi connectivity index (χ1n) is 10.3. The van der Waals surface area contributed by atoms with Gasteiger partial charge in [0.15, 0.2) is 6.10 Å². The van der Waals surface area contributed by atoms with E-state index in [1.165, 1.54) is 12.1 Å². The zero-order chi connectivity index (χ0) is 23.0. The molecule has 0 bridgehead atoms. The van der Waals surface area contributed by atoms with E-state index in [9.17, 15) is 14.0 Å². The van der Waals surface area contributed by atoms with Crippen LogP contribution in [0.1, 0.15) is 50.4 Å². The number of esters is 1. The van der Waals surface area contributed by atoms with Crippen LogP contribution in [0.2, 0.25) is 5.02 Å². The van der Waals surface area contributed by atoms with Crippen LogP contribution in [0.25, 0.3) is 0 Å². The minimum atomic E-state index is -0.700. The Balaban J connectivity index is 2.12. The maximum Gasteiger partial charge on any atom is 0.335 e. The van der Waals surface area contributed by atoms with Gasteiger partial charge in [0.2, 0.25) is 0 Å². The number of nitrogens with one attached hydrogen (secondary N) is 1. The molecule has 6 nitrogen and oxygen atoms in total. The van der Waals surface area contributed by atoms with Crippen molar-refractivity contribution >= 4 is 23.5 Å². The molecule has 0 aromatic heterocycles. The SMILES string of the molecule is CCOC(=O)C(CC1=CC(CNC(=O)c2ccc(Cl)cc2F)=C(OC)CC1)OC(C)C. The summed E-state index contributed by atoms with van der Waals surface area (Å²) in [5.41, 5.74) is 1.66. The first-order valence-corrected chi connectivity index (χ1v) is 10.6. The van der Waals surface area contributed by atoms with Gasteiger partial charge in [-0.2, -0.15) is 0 Å². The van der Waals surface area contributed by atoms with Gasteiger partial charge < -0.3 is 19.5 Å². The number of halogens is 2. The molecule has 1 N–H and O–H groups in total. The molecule has 2 rings (SSSR count). The van der Waals surface area contributed by atoms with Crippen LogP contribution in [-0.4, -0.2) is 44.3 Å². The maximum absolute atomic E-state index is 14.0. The first kappa shape index (κ1) is 24.9. The van der Waals surface area contributed by atoms with Gasteiger partial charge in [0.1, 0.15) is 11.6 Å². The largest absolute Gasteiger partial charge is 0.501 e. The lowest BCUT2D eigenvalue weighted by Gasteiger charge is -2.24. The van der Waals surface area contributed by atoms with Crippen molar-refractivity contribution in [1.82, 2.24) is 5.32 Å². The van der Waals surface area contributed by atoms with Crippen molar-refractivity contribution in [3.05, 3.63) is 57.6 Å². The molecule has 170 valence electrons. The highest BCUT2D eigenvalue weighted by atomic mass is 35.5. The minimum Gasteiger partial charge on any atom is -0.501 e. The number of methoxy groups -OCH3 is 1. The number of hydrogen-bond donors (Lipinski definition) is 1. The molecule has 1 aliphatic carbocycles. The van der Waals surface area contributed by atoms with Gasteiger partial charge in [0, 0.05) is 30.0 Å². The zero-order valence-electron chi connectivity index (χ0n) is 18.3. The van der Waals surface area contributed by atoms with E-state index < -0.39 is 23.8 Å². The second-order valence-corrected chi connectivity index (χ2v) is 7.83. The Labute approximate surface area is 187 Å². The van der Waals surface area contributed by atoms with Gasteiger partial charge in [0.05, 0.1) is 25.4 Å². The van der Waals surface area contributed by atoms with Crippen molar-refractivity contribution in [2.45, 2.75) is 52.2 Å². The molecular weight excluding hydrogens is 425 g/mol. The summed E-state index contributed by atoms with van der Waals surface area (Å²) >= 11 is 5.74. The summed E-state index contributed by atoms with van der Waals surface area (Å²) in [5.74, 6) is -0.899. The fourth-order valence-corrected chi connectivity index (χ4v) is 3.47. The van der Waals surface area contributed by atoms with Gasteiger partial charge in [-0.15, -0.1) is 0 Å². The number of benzene rings is 1. The number of rotatable bonds is 10. The average Bonchev–Trinajstić information content (AvgIpc) is 2.71. The Morgan fingerprint density at radius 2 is 2.00 bits per heavy atom. The molecule has 0 spiro atoms. The van der Waals surface area contributed by atoms with Crippen LogP contribution in [-0.2, 0) is 19.0 Å². The van der Waals surface area contributed by atoms with E-state index in [1.54, 1.807) is 14.0 Å². The number of hydrogen-bond acceptors (Lipinski definition) is 5. The zero-order valence-corrected chi connectivity index (χ0v) is 19.1. The van der Waals surface area contributed by atoms with E-state index >= 15 is 0 Å². The van der Waals surface area contributed by atoms with Crippen molar-refractivity contribution < 1.29 is 28.2 Å². The summed E-state index contributed by atoms with van der Waals surface area (Å²) < 4.78 is 30.3. The van der Waals surface area contributed by atoms with Crippen LogP contribution in [0.3, 0.4) is 0 Å². The molecule has 1 aromatic carbocycles. The lowest BCUT2D eigenvalue weighted by Crippen LogP contribution is -2.30. The molecule has 0 heterocycles. The number of ether oxygens (including phenoxy) is 3. The molecular formula is C23H29ClFNO5. The third-order valence-electron chi connectivity index (χ3n) is 4.70. The Kier molecular flexibility index (Phi) is 9.52. The Hall–Kier alpha value is -2.38. The normalized spacial score (nSPS) is 14.9. The summed E-state index contributed by atoms with van der Waals surface area (Å²) in [6, 6.07) is 3.90. The third kappa shape index (κ3) is 7.36. The standard InChI is InChI=1S/C23H29ClFNO5/c1-5-30-23(28)21(31-14(2)3)11-15-6-9-20(29-4)16(10-15)13-26-22(27)18-8-7-17(24)12-19(18)25/h7-8,10,12,14,21H,5-6,9,11,13H2,1-4H3,(H,26,27). The highest BCUT2D eigenvalue weighted by Crippen LogP contribution is 2.28. The third-order valence-corrected chi connectivity index (χ3v) is 4.94. The molecule has 31 heavy (non-hydrogen) atoms. The molecule has 0 saturated heterocycles. The molecule has 1 unspecified atom stereocenters. The Morgan fingerprint density at radius 1 is 1.26 bits per heavy atom. The van der Waals surface area contributed by atoms with E-state index in [1.807, 2.05) is 19.9 Å². The lowest BCUT2D eigenvalue weighted by atomic mass is 9.93. The fourth-order valence-electron chi connectivity index (χ4n) is 3.31. The smallest absolute Gasteiger partial charge is 0.335 e. The quantitative estimate of drug-likeness (QED) is 0.525. The summed E-state index contributed by atoms with van der Waals surface area (Å²) in [5, 5.41) is 2.94. The number of carbonyl (C=O) groups excluding carboxylic acids is 2. The first-order chi connectivity index (χ1) is 14.7. The Morgan fingerprint density at radius 3 is 2.61 bits per heavy atom. The van der Waals surface area contributed by atoms with Crippen LogP contribution in [0.15, 0.2) is 41.2 Å². The van der Waals surface area contributed by atoms with E-state index in [4.69, 9.17) is 25.8 Å². The monoisotopic (exact) mass is 453 g/mol. The molecule has 1 atom stereocenters. The van der Waals surface area contributed by atoms with Gasteiger partial charge in [-0.25, -0.2) is 9.18 Å². The number of carbonyl (C=O) groups is 2. The fraction of sp³-hybridized carbons (Fsp3) is 0.478. The molecule has 8 heteroatoms. The van der Waals surface area contributed by atoms with E-state index in [0.717, 1.165) is 23.0 Å². The number of amides is 1. The molecule has 0 aliphatic heterocycles. The molecule has 1 amide bonds. The second-order valence-electron chi connectivity index (χ2n) is 7.39. The highest BCUT2D eigenvalue weighted by molar-refractivity contribution is 6.30. The van der Waals surface area contributed by atoms with Crippen molar-refractivity contribution in [3.8, 4) is 0 Å². The van der Waals surface area contributed by atoms with Gasteiger partial charge in [-0.1, -0.05) is 23.3 Å². The molecule has 1 aliphatic rings. The summed E-state index contributed by atoms with van der Waals surface area (Å²) in [4.78, 5) is 24.7. The summed E-state index contributed by atoms with van der Waals surface area (Å²) in [6.45, 7) is 5.91. The van der Waals surface area contributed by atoms with Crippen molar-refractivity contribution in [2.75, 3.05) is 20.3 Å². The summed E-state index contributed by atoms with van der Waals surface area (Å²) in [7, 11) is 1.57. The average molecular weight is 454 g/mol. The lowest BCUT2D eigenvalue weighted by molar-refractivity contribution is -0.159. The van der Waals surface area contributed by atoms with Crippen LogP contribution in [0.4, 0.5) is 4.39 Å². The molecule has 0 saturated carbocycles. The highest BCUT2D eigenvalue weighted by Gasteiger charge is 2.25.